The van der Waals surface area contributed by atoms with Crippen LogP contribution in [0.4, 0.5) is 5.69 Å². The van der Waals surface area contributed by atoms with Gasteiger partial charge >= 0.3 is 5.97 Å². The number of rotatable bonds is 6. The molecule has 0 aromatic heterocycles. The van der Waals surface area contributed by atoms with E-state index in [0.717, 1.165) is 19.4 Å². The van der Waals surface area contributed by atoms with Crippen molar-refractivity contribution in [3.05, 3.63) is 59.2 Å². The Labute approximate surface area is 158 Å². The van der Waals surface area contributed by atoms with Gasteiger partial charge in [0.2, 0.25) is 0 Å². The molecule has 1 unspecified atom stereocenters. The first-order chi connectivity index (χ1) is 13.1. The van der Waals surface area contributed by atoms with Crippen LogP contribution in [0, 0.1) is 6.92 Å². The Bertz CT molecular complexity index is 810. The van der Waals surface area contributed by atoms with E-state index in [1.54, 1.807) is 49.4 Å². The third kappa shape index (κ3) is 4.65. The van der Waals surface area contributed by atoms with Crippen molar-refractivity contribution in [3.63, 3.8) is 0 Å². The summed E-state index contributed by atoms with van der Waals surface area (Å²) in [7, 11) is 1.33. The molecule has 1 amide bonds. The maximum atomic E-state index is 12.5. The number of carbonyl (C=O) groups is 2. The molecule has 0 spiro atoms. The summed E-state index contributed by atoms with van der Waals surface area (Å²) in [5.41, 5.74) is 2.16. The minimum Gasteiger partial charge on any atom is -0.491 e. The molecule has 3 rings (SSSR count). The average Bonchev–Trinajstić information content (AvgIpc) is 3.21. The highest BCUT2D eigenvalue weighted by molar-refractivity contribution is 6.05. The van der Waals surface area contributed by atoms with Crippen LogP contribution in [-0.4, -0.2) is 38.3 Å². The van der Waals surface area contributed by atoms with Crippen LogP contribution in [0.25, 0.3) is 0 Å². The number of esters is 1. The van der Waals surface area contributed by atoms with E-state index in [1.807, 2.05) is 0 Å². The molecule has 2 aromatic carbocycles. The van der Waals surface area contributed by atoms with E-state index >= 15 is 0 Å². The quantitative estimate of drug-likeness (QED) is 0.788. The van der Waals surface area contributed by atoms with Gasteiger partial charge < -0.3 is 19.5 Å². The number of hydrogen-bond donors (Lipinski definition) is 1. The average molecular weight is 369 g/mol. The van der Waals surface area contributed by atoms with E-state index in [1.165, 1.54) is 7.11 Å². The summed E-state index contributed by atoms with van der Waals surface area (Å²) in [6.45, 7) is 3.08. The minimum absolute atomic E-state index is 0.151. The Morgan fingerprint density at radius 2 is 1.96 bits per heavy atom. The van der Waals surface area contributed by atoms with Crippen LogP contribution in [0.1, 0.15) is 39.1 Å². The predicted molar refractivity (Wildman–Crippen MR) is 101 cm³/mol. The zero-order valence-electron chi connectivity index (χ0n) is 15.5. The molecule has 1 saturated heterocycles. The molecule has 0 saturated carbocycles. The monoisotopic (exact) mass is 369 g/mol. The highest BCUT2D eigenvalue weighted by atomic mass is 16.5. The molecule has 142 valence electrons. The third-order valence-corrected chi connectivity index (χ3v) is 4.56. The van der Waals surface area contributed by atoms with E-state index in [2.05, 4.69) is 5.32 Å². The number of methoxy groups -OCH3 is 1. The van der Waals surface area contributed by atoms with E-state index in [-0.39, 0.29) is 12.0 Å². The molecule has 1 atom stereocenters. The third-order valence-electron chi connectivity index (χ3n) is 4.56. The minimum atomic E-state index is -0.434. The van der Waals surface area contributed by atoms with Crippen molar-refractivity contribution >= 4 is 17.6 Å². The van der Waals surface area contributed by atoms with E-state index < -0.39 is 5.97 Å². The Hall–Kier alpha value is -2.86. The summed E-state index contributed by atoms with van der Waals surface area (Å²) in [6, 6.07) is 12.1. The van der Waals surface area contributed by atoms with Crippen LogP contribution in [0.5, 0.6) is 5.75 Å². The SMILES string of the molecule is COC(=O)c1cccc(NC(=O)c2ccc(OCC3CCCO3)cc2)c1C. The van der Waals surface area contributed by atoms with Crippen LogP contribution in [-0.2, 0) is 9.47 Å². The molecule has 1 aliphatic heterocycles. The van der Waals surface area contributed by atoms with Crippen LogP contribution in [0.15, 0.2) is 42.5 Å². The molecule has 0 radical (unpaired) electrons. The largest absolute Gasteiger partial charge is 0.491 e. The number of ether oxygens (including phenoxy) is 3. The van der Waals surface area contributed by atoms with Crippen LogP contribution in [0.3, 0.4) is 0 Å². The topological polar surface area (TPSA) is 73.9 Å². The summed E-state index contributed by atoms with van der Waals surface area (Å²) in [6.07, 6.45) is 2.24. The number of benzene rings is 2. The molecule has 1 fully saturated rings. The highest BCUT2D eigenvalue weighted by Gasteiger charge is 2.17. The van der Waals surface area contributed by atoms with Crippen molar-refractivity contribution in [2.24, 2.45) is 0 Å². The van der Waals surface area contributed by atoms with E-state index in [4.69, 9.17) is 14.2 Å². The summed E-state index contributed by atoms with van der Waals surface area (Å²) in [5.74, 6) is 0.00746. The lowest BCUT2D eigenvalue weighted by Gasteiger charge is -2.13. The molecule has 1 heterocycles. The van der Waals surface area contributed by atoms with Crippen molar-refractivity contribution in [2.75, 3.05) is 25.6 Å². The second-order valence-corrected chi connectivity index (χ2v) is 6.39. The van der Waals surface area contributed by atoms with Gasteiger partial charge in [-0.3, -0.25) is 4.79 Å². The molecule has 1 N–H and O–H groups in total. The van der Waals surface area contributed by atoms with Gasteiger partial charge in [0.05, 0.1) is 18.8 Å². The first kappa shape index (κ1) is 18.9. The summed E-state index contributed by atoms with van der Waals surface area (Å²) in [4.78, 5) is 24.3. The Kier molecular flexibility index (Phi) is 6.08. The van der Waals surface area contributed by atoms with Gasteiger partial charge in [0.15, 0.2) is 0 Å². The maximum Gasteiger partial charge on any atom is 0.338 e. The molecule has 2 aromatic rings. The van der Waals surface area contributed by atoms with Crippen LogP contribution < -0.4 is 10.1 Å². The highest BCUT2D eigenvalue weighted by Crippen LogP contribution is 2.21. The van der Waals surface area contributed by atoms with Crippen molar-refractivity contribution in [1.29, 1.82) is 0 Å². The normalized spacial score (nSPS) is 16.0. The molecular formula is C21H23NO5. The lowest BCUT2D eigenvalue weighted by molar-refractivity contribution is 0.0599. The smallest absolute Gasteiger partial charge is 0.338 e. The van der Waals surface area contributed by atoms with Crippen LogP contribution >= 0.6 is 0 Å². The van der Waals surface area contributed by atoms with Crippen molar-refractivity contribution in [1.82, 2.24) is 0 Å². The van der Waals surface area contributed by atoms with Gasteiger partial charge in [-0.15, -0.1) is 0 Å². The Morgan fingerprint density at radius 3 is 2.63 bits per heavy atom. The molecule has 6 nitrogen and oxygen atoms in total. The lowest BCUT2D eigenvalue weighted by atomic mass is 10.1. The van der Waals surface area contributed by atoms with E-state index in [9.17, 15) is 9.59 Å². The maximum absolute atomic E-state index is 12.5. The number of carbonyl (C=O) groups excluding carboxylic acids is 2. The predicted octanol–water partition coefficient (Wildman–Crippen LogP) is 3.59. The molecule has 6 heteroatoms. The van der Waals surface area contributed by atoms with Crippen molar-refractivity contribution in [2.45, 2.75) is 25.9 Å². The number of nitrogens with one attached hydrogen (secondary N) is 1. The number of amides is 1. The van der Waals surface area contributed by atoms with Crippen LogP contribution in [0.2, 0.25) is 0 Å². The van der Waals surface area contributed by atoms with Crippen molar-refractivity contribution in [3.8, 4) is 5.75 Å². The van der Waals surface area contributed by atoms with Crippen molar-refractivity contribution < 1.29 is 23.8 Å². The number of hydrogen-bond acceptors (Lipinski definition) is 5. The summed E-state index contributed by atoms with van der Waals surface area (Å²) >= 11 is 0. The second-order valence-electron chi connectivity index (χ2n) is 6.39. The first-order valence-corrected chi connectivity index (χ1v) is 8.92. The van der Waals surface area contributed by atoms with Gasteiger partial charge in [-0.25, -0.2) is 4.79 Å². The molecule has 27 heavy (non-hydrogen) atoms. The summed E-state index contributed by atoms with van der Waals surface area (Å²) < 4.78 is 16.0. The fourth-order valence-electron chi connectivity index (χ4n) is 2.96. The zero-order chi connectivity index (χ0) is 19.2. The summed E-state index contributed by atoms with van der Waals surface area (Å²) in [5, 5.41) is 2.83. The first-order valence-electron chi connectivity index (χ1n) is 8.92. The van der Waals surface area contributed by atoms with Gasteiger partial charge in [-0.2, -0.15) is 0 Å². The molecule has 0 aliphatic carbocycles. The fraction of sp³-hybridized carbons (Fsp3) is 0.333. The van der Waals surface area contributed by atoms with Gasteiger partial charge in [-0.1, -0.05) is 6.07 Å². The van der Waals surface area contributed by atoms with Gasteiger partial charge in [-0.05, 0) is 61.7 Å². The number of anilines is 1. The molecular weight excluding hydrogens is 346 g/mol. The Morgan fingerprint density at radius 1 is 1.19 bits per heavy atom. The molecule has 0 bridgehead atoms. The standard InChI is InChI=1S/C21H23NO5/c1-14-18(21(24)25-2)6-3-7-19(14)22-20(23)15-8-10-16(11-9-15)27-13-17-5-4-12-26-17/h3,6-11,17H,4-5,12-13H2,1-2H3,(H,22,23). The lowest BCUT2D eigenvalue weighted by Crippen LogP contribution is -2.16. The zero-order valence-corrected chi connectivity index (χ0v) is 15.5. The van der Waals surface area contributed by atoms with Gasteiger partial charge in [0, 0.05) is 17.9 Å². The van der Waals surface area contributed by atoms with Gasteiger partial charge in [0.1, 0.15) is 12.4 Å². The van der Waals surface area contributed by atoms with E-state index in [0.29, 0.717) is 34.7 Å². The second kappa shape index (κ2) is 8.68. The van der Waals surface area contributed by atoms with Gasteiger partial charge in [0.25, 0.3) is 5.91 Å². The molecule has 1 aliphatic rings. The Balaban J connectivity index is 1.63. The fourth-order valence-corrected chi connectivity index (χ4v) is 2.96.